The van der Waals surface area contributed by atoms with Gasteiger partial charge in [-0.05, 0) is 32.4 Å². The maximum Gasteiger partial charge on any atom is 0.248 e. The van der Waals surface area contributed by atoms with Crippen LogP contribution in [0.2, 0.25) is 0 Å². The Kier molecular flexibility index (Phi) is 5.02. The summed E-state index contributed by atoms with van der Waals surface area (Å²) in [6.45, 7) is 6.51. The molecule has 2 heterocycles. The van der Waals surface area contributed by atoms with Crippen molar-refractivity contribution in [3.8, 4) is 0 Å². The number of nitrogens with one attached hydrogen (secondary N) is 1. The smallest absolute Gasteiger partial charge is 0.248 e. The number of aromatic nitrogens is 4. The second-order valence-corrected chi connectivity index (χ2v) is 6.32. The molecule has 0 aliphatic carbocycles. The molecule has 0 spiro atoms. The van der Waals surface area contributed by atoms with Crippen molar-refractivity contribution in [2.24, 2.45) is 7.05 Å². The van der Waals surface area contributed by atoms with Crippen LogP contribution in [-0.2, 0) is 18.4 Å². The highest BCUT2D eigenvalue weighted by molar-refractivity contribution is 6.02. The van der Waals surface area contributed by atoms with Gasteiger partial charge in [-0.3, -0.25) is 14.2 Å². The monoisotopic (exact) mass is 349 g/mol. The van der Waals surface area contributed by atoms with Crippen LogP contribution in [0.25, 0.3) is 6.08 Å². The van der Waals surface area contributed by atoms with Gasteiger partial charge < -0.3 is 5.32 Å². The van der Waals surface area contributed by atoms with E-state index in [4.69, 9.17) is 0 Å². The third-order valence-electron chi connectivity index (χ3n) is 4.49. The molecule has 1 amide bonds. The van der Waals surface area contributed by atoms with E-state index in [1.54, 1.807) is 17.0 Å². The molecular formula is C20H23N5O. The summed E-state index contributed by atoms with van der Waals surface area (Å²) >= 11 is 0. The Morgan fingerprint density at radius 3 is 2.54 bits per heavy atom. The first kappa shape index (κ1) is 17.7. The first-order valence-electron chi connectivity index (χ1n) is 8.51. The summed E-state index contributed by atoms with van der Waals surface area (Å²) in [5.41, 5.74) is 5.61. The number of anilines is 1. The van der Waals surface area contributed by atoms with Gasteiger partial charge >= 0.3 is 0 Å². The van der Waals surface area contributed by atoms with Crippen molar-refractivity contribution in [1.82, 2.24) is 19.6 Å². The van der Waals surface area contributed by atoms with Gasteiger partial charge in [0.15, 0.2) is 0 Å². The van der Waals surface area contributed by atoms with Crippen molar-refractivity contribution in [2.45, 2.75) is 27.3 Å². The van der Waals surface area contributed by atoms with E-state index in [1.165, 1.54) is 11.6 Å². The summed E-state index contributed by atoms with van der Waals surface area (Å²) in [5, 5.41) is 11.7. The van der Waals surface area contributed by atoms with Crippen molar-refractivity contribution in [3.05, 3.63) is 70.8 Å². The number of carbonyl (C=O) groups excluding carboxylic acids is 1. The largest absolute Gasteiger partial charge is 0.319 e. The standard InChI is InChI=1S/C20H23N5O/c1-14-20(16(3)25(23-14)13-17-8-6-5-7-9-17)22-19(26)11-10-18-12-21-24(4)15(18)2/h5-12H,13H2,1-4H3,(H,22,26)/b11-10+. The average molecular weight is 349 g/mol. The lowest BCUT2D eigenvalue weighted by Crippen LogP contribution is -2.10. The van der Waals surface area contributed by atoms with E-state index < -0.39 is 0 Å². The van der Waals surface area contributed by atoms with Crippen molar-refractivity contribution in [2.75, 3.05) is 5.32 Å². The van der Waals surface area contributed by atoms with Gasteiger partial charge in [0.05, 0.1) is 29.8 Å². The summed E-state index contributed by atoms with van der Waals surface area (Å²) < 4.78 is 3.69. The molecule has 0 radical (unpaired) electrons. The predicted molar refractivity (Wildman–Crippen MR) is 103 cm³/mol. The maximum absolute atomic E-state index is 12.3. The molecule has 3 aromatic rings. The van der Waals surface area contributed by atoms with Crippen molar-refractivity contribution >= 4 is 17.7 Å². The summed E-state index contributed by atoms with van der Waals surface area (Å²) in [7, 11) is 1.88. The molecule has 0 bridgehead atoms. The zero-order valence-corrected chi connectivity index (χ0v) is 15.5. The molecule has 6 nitrogen and oxygen atoms in total. The normalized spacial score (nSPS) is 11.2. The van der Waals surface area contributed by atoms with E-state index in [0.29, 0.717) is 6.54 Å². The van der Waals surface area contributed by atoms with Crippen LogP contribution in [0.15, 0.2) is 42.6 Å². The molecule has 1 N–H and O–H groups in total. The zero-order valence-electron chi connectivity index (χ0n) is 15.5. The lowest BCUT2D eigenvalue weighted by molar-refractivity contribution is -0.111. The molecular weight excluding hydrogens is 326 g/mol. The first-order chi connectivity index (χ1) is 12.5. The molecule has 26 heavy (non-hydrogen) atoms. The Labute approximate surface area is 153 Å². The summed E-state index contributed by atoms with van der Waals surface area (Å²) in [4.78, 5) is 12.3. The maximum atomic E-state index is 12.3. The van der Waals surface area contributed by atoms with Crippen molar-refractivity contribution in [3.63, 3.8) is 0 Å². The predicted octanol–water partition coefficient (Wildman–Crippen LogP) is 3.24. The summed E-state index contributed by atoms with van der Waals surface area (Å²) in [6, 6.07) is 10.1. The molecule has 0 saturated carbocycles. The van der Waals surface area contributed by atoms with Gasteiger partial charge in [0, 0.05) is 24.4 Å². The fourth-order valence-electron chi connectivity index (χ4n) is 2.80. The number of nitrogens with zero attached hydrogens (tertiary/aromatic N) is 4. The van der Waals surface area contributed by atoms with Crippen LogP contribution in [0.5, 0.6) is 0 Å². The van der Waals surface area contributed by atoms with Crippen molar-refractivity contribution in [1.29, 1.82) is 0 Å². The highest BCUT2D eigenvalue weighted by Gasteiger charge is 2.13. The number of hydrogen-bond acceptors (Lipinski definition) is 3. The van der Waals surface area contributed by atoms with Gasteiger partial charge in [-0.1, -0.05) is 30.3 Å². The highest BCUT2D eigenvalue weighted by Crippen LogP contribution is 2.20. The lowest BCUT2D eigenvalue weighted by atomic mass is 10.2. The molecule has 6 heteroatoms. The van der Waals surface area contributed by atoms with Gasteiger partial charge in [-0.15, -0.1) is 0 Å². The van der Waals surface area contributed by atoms with Crippen LogP contribution in [0.1, 0.15) is 28.2 Å². The number of benzene rings is 1. The molecule has 0 aliphatic heterocycles. The molecule has 134 valence electrons. The Morgan fingerprint density at radius 2 is 1.88 bits per heavy atom. The van der Waals surface area contributed by atoms with Crippen LogP contribution in [0.3, 0.4) is 0 Å². The zero-order chi connectivity index (χ0) is 18.7. The fourth-order valence-corrected chi connectivity index (χ4v) is 2.80. The second-order valence-electron chi connectivity index (χ2n) is 6.32. The van der Waals surface area contributed by atoms with E-state index >= 15 is 0 Å². The number of carbonyl (C=O) groups is 1. The molecule has 0 aliphatic rings. The molecule has 0 atom stereocenters. The van der Waals surface area contributed by atoms with Crippen LogP contribution >= 0.6 is 0 Å². The van der Waals surface area contributed by atoms with E-state index in [9.17, 15) is 4.79 Å². The molecule has 0 saturated heterocycles. The SMILES string of the molecule is Cc1nn(Cc2ccccc2)c(C)c1NC(=O)/C=C/c1cnn(C)c1C. The minimum Gasteiger partial charge on any atom is -0.319 e. The molecule has 2 aromatic heterocycles. The van der Waals surface area contributed by atoms with Gasteiger partial charge in [0.2, 0.25) is 5.91 Å². The van der Waals surface area contributed by atoms with E-state index in [1.807, 2.05) is 50.7 Å². The molecule has 0 unspecified atom stereocenters. The Balaban J connectivity index is 1.73. The number of hydrogen-bond donors (Lipinski definition) is 1. The molecule has 0 fully saturated rings. The first-order valence-corrected chi connectivity index (χ1v) is 8.51. The van der Waals surface area contributed by atoms with Gasteiger partial charge in [0.1, 0.15) is 0 Å². The Morgan fingerprint density at radius 1 is 1.15 bits per heavy atom. The van der Waals surface area contributed by atoms with E-state index in [-0.39, 0.29) is 5.91 Å². The molecule has 1 aromatic carbocycles. The third-order valence-corrected chi connectivity index (χ3v) is 4.49. The van der Waals surface area contributed by atoms with Crippen LogP contribution < -0.4 is 5.32 Å². The lowest BCUT2D eigenvalue weighted by Gasteiger charge is -2.06. The summed E-state index contributed by atoms with van der Waals surface area (Å²) in [5.74, 6) is -0.182. The van der Waals surface area contributed by atoms with Crippen molar-refractivity contribution < 1.29 is 4.79 Å². The quantitative estimate of drug-likeness (QED) is 0.719. The highest BCUT2D eigenvalue weighted by atomic mass is 16.1. The fraction of sp³-hybridized carbons (Fsp3) is 0.250. The van der Waals surface area contributed by atoms with Gasteiger partial charge in [-0.25, -0.2) is 0 Å². The van der Waals surface area contributed by atoms with Crippen LogP contribution in [0, 0.1) is 20.8 Å². The Hall–Kier alpha value is -3.15. The minimum absolute atomic E-state index is 0.182. The second kappa shape index (κ2) is 7.39. The summed E-state index contributed by atoms with van der Waals surface area (Å²) in [6.07, 6.45) is 5.04. The Bertz CT molecular complexity index is 950. The van der Waals surface area contributed by atoms with Crippen LogP contribution in [0.4, 0.5) is 5.69 Å². The topological polar surface area (TPSA) is 64.7 Å². The molecule has 3 rings (SSSR count). The average Bonchev–Trinajstić information content (AvgIpc) is 3.08. The number of rotatable bonds is 5. The van der Waals surface area contributed by atoms with Crippen LogP contribution in [-0.4, -0.2) is 25.5 Å². The van der Waals surface area contributed by atoms with Gasteiger partial charge in [-0.2, -0.15) is 10.2 Å². The van der Waals surface area contributed by atoms with Gasteiger partial charge in [0.25, 0.3) is 0 Å². The third kappa shape index (κ3) is 3.74. The minimum atomic E-state index is -0.182. The van der Waals surface area contributed by atoms with E-state index in [0.717, 1.165) is 28.3 Å². The number of aryl methyl sites for hydroxylation is 2. The van der Waals surface area contributed by atoms with E-state index in [2.05, 4.69) is 27.6 Å². The number of amides is 1.